The maximum Gasteiger partial charge on any atom is 0.386 e. The summed E-state index contributed by atoms with van der Waals surface area (Å²) >= 11 is 4.19. The Labute approximate surface area is 144 Å². The number of fused-ring (bicyclic) bond motifs is 1. The Morgan fingerprint density at radius 3 is 2.17 bits per heavy atom. The molecule has 3 rings (SSSR count). The zero-order chi connectivity index (χ0) is 16.9. The average molecular weight is 358 g/mol. The van der Waals surface area contributed by atoms with Crippen LogP contribution in [0.5, 0.6) is 0 Å². The molecule has 23 heavy (non-hydrogen) atoms. The highest BCUT2D eigenvalue weighted by Crippen LogP contribution is 2.44. The molecule has 1 saturated heterocycles. The summed E-state index contributed by atoms with van der Waals surface area (Å²) in [4.78, 5) is 0. The molecule has 126 valence electrons. The Balaban J connectivity index is 0.000000338. The summed E-state index contributed by atoms with van der Waals surface area (Å²) < 4.78 is 31.7. The van der Waals surface area contributed by atoms with Gasteiger partial charge in [0.2, 0.25) is 0 Å². The third-order valence-electron chi connectivity index (χ3n) is 3.44. The Morgan fingerprint density at radius 1 is 1.00 bits per heavy atom. The van der Waals surface area contributed by atoms with Gasteiger partial charge >= 0.3 is 6.18 Å². The normalized spacial score (nSPS) is 16.0. The summed E-state index contributed by atoms with van der Waals surface area (Å²) in [6.45, 7) is 2.40. The van der Waals surface area contributed by atoms with Crippen LogP contribution in [-0.2, 0) is 6.42 Å². The fraction of sp³-hybridized carbons (Fsp3) is 0.444. The molecule has 2 aromatic carbocycles. The summed E-state index contributed by atoms with van der Waals surface area (Å²) in [5.41, 5.74) is 2.91. The largest absolute Gasteiger partial charge is 0.386 e. The van der Waals surface area contributed by atoms with Crippen LogP contribution in [0.3, 0.4) is 0 Å². The van der Waals surface area contributed by atoms with Crippen molar-refractivity contribution in [3.05, 3.63) is 47.5 Å². The molecule has 0 aromatic heterocycles. The van der Waals surface area contributed by atoms with Gasteiger partial charge in [-0.05, 0) is 52.3 Å². The van der Waals surface area contributed by atoms with E-state index in [0.29, 0.717) is 4.58 Å². The quantitative estimate of drug-likeness (QED) is 0.576. The van der Waals surface area contributed by atoms with Gasteiger partial charge in [-0.3, -0.25) is 0 Å². The summed E-state index contributed by atoms with van der Waals surface area (Å²) in [5.74, 6) is 2.62. The monoisotopic (exact) mass is 358 g/mol. The van der Waals surface area contributed by atoms with Crippen molar-refractivity contribution in [3.8, 4) is 0 Å². The molecular weight excluding hydrogens is 337 g/mol. The maximum atomic E-state index is 10.4. The second-order valence-electron chi connectivity index (χ2n) is 5.50. The molecule has 0 spiro atoms. The van der Waals surface area contributed by atoms with Gasteiger partial charge < -0.3 is 0 Å². The highest BCUT2D eigenvalue weighted by atomic mass is 32.2. The molecule has 0 aliphatic carbocycles. The van der Waals surface area contributed by atoms with E-state index in [1.807, 2.05) is 0 Å². The van der Waals surface area contributed by atoms with E-state index in [0.717, 1.165) is 6.42 Å². The smallest absolute Gasteiger partial charge is 0.172 e. The van der Waals surface area contributed by atoms with E-state index in [1.165, 1.54) is 39.8 Å². The molecule has 0 atom stereocenters. The van der Waals surface area contributed by atoms with Gasteiger partial charge in [0.25, 0.3) is 0 Å². The molecule has 1 heterocycles. The molecule has 1 aliphatic rings. The van der Waals surface area contributed by atoms with Gasteiger partial charge in [-0.1, -0.05) is 37.3 Å². The van der Waals surface area contributed by atoms with Crippen molar-refractivity contribution in [1.82, 2.24) is 0 Å². The lowest BCUT2D eigenvalue weighted by molar-refractivity contribution is -0.110. The molecular formula is C18H21F3S2. The predicted molar refractivity (Wildman–Crippen MR) is 97.3 cm³/mol. The molecule has 5 heteroatoms. The number of hydrogen-bond acceptors (Lipinski definition) is 2. The fourth-order valence-corrected chi connectivity index (χ4v) is 5.23. The van der Waals surface area contributed by atoms with Crippen LogP contribution in [0.2, 0.25) is 0 Å². The molecule has 0 nitrogen and oxygen atoms in total. The Kier molecular flexibility index (Phi) is 6.72. The minimum absolute atomic E-state index is 0.188. The minimum atomic E-state index is -4.00. The van der Waals surface area contributed by atoms with Gasteiger partial charge in [0.15, 0.2) is 0 Å². The van der Waals surface area contributed by atoms with Crippen LogP contribution >= 0.6 is 23.5 Å². The first-order valence-corrected chi connectivity index (χ1v) is 9.79. The minimum Gasteiger partial charge on any atom is -0.172 e. The first-order chi connectivity index (χ1) is 10.9. The maximum absolute atomic E-state index is 10.4. The lowest BCUT2D eigenvalue weighted by Crippen LogP contribution is -1.99. The van der Waals surface area contributed by atoms with Gasteiger partial charge in [-0.15, -0.1) is 23.5 Å². The molecule has 1 fully saturated rings. The second-order valence-corrected chi connectivity index (χ2v) is 8.23. The number of thioether (sulfide) groups is 2. The summed E-state index contributed by atoms with van der Waals surface area (Å²) in [7, 11) is 0. The van der Waals surface area contributed by atoms with E-state index in [9.17, 15) is 13.2 Å². The van der Waals surface area contributed by atoms with Crippen LogP contribution in [0.25, 0.3) is 10.8 Å². The molecule has 0 unspecified atom stereocenters. The number of benzene rings is 2. The Bertz CT molecular complexity index is 626. The Morgan fingerprint density at radius 2 is 1.57 bits per heavy atom. The molecule has 0 amide bonds. The molecule has 0 bridgehead atoms. The van der Waals surface area contributed by atoms with E-state index < -0.39 is 6.18 Å². The van der Waals surface area contributed by atoms with Crippen LogP contribution < -0.4 is 0 Å². The van der Waals surface area contributed by atoms with E-state index in [2.05, 4.69) is 66.8 Å². The number of rotatable bonds is 2. The van der Waals surface area contributed by atoms with Crippen LogP contribution in [0.15, 0.2) is 36.4 Å². The zero-order valence-corrected chi connectivity index (χ0v) is 15.0. The van der Waals surface area contributed by atoms with Crippen LogP contribution in [0, 0.1) is 0 Å². The van der Waals surface area contributed by atoms with Gasteiger partial charge in [0, 0.05) is 6.92 Å². The number of aryl methyl sites for hydroxylation is 1. The highest BCUT2D eigenvalue weighted by molar-refractivity contribution is 8.16. The van der Waals surface area contributed by atoms with Crippen LogP contribution in [-0.4, -0.2) is 17.7 Å². The third kappa shape index (κ3) is 6.30. The van der Waals surface area contributed by atoms with Gasteiger partial charge in [-0.2, -0.15) is 13.2 Å². The van der Waals surface area contributed by atoms with E-state index in [4.69, 9.17) is 0 Å². The number of alkyl halides is 3. The fourth-order valence-electron chi connectivity index (χ4n) is 2.36. The van der Waals surface area contributed by atoms with Crippen LogP contribution in [0.1, 0.15) is 36.0 Å². The van der Waals surface area contributed by atoms with Crippen LogP contribution in [0.4, 0.5) is 13.2 Å². The van der Waals surface area contributed by atoms with Gasteiger partial charge in [0.1, 0.15) is 0 Å². The number of halogens is 3. The SMILES string of the molecule is CC(F)(F)F.CCc1ccc2cc(C3SCCCS3)ccc2c1. The topological polar surface area (TPSA) is 0 Å². The van der Waals surface area contributed by atoms with E-state index in [-0.39, 0.29) is 6.92 Å². The van der Waals surface area contributed by atoms with Crippen molar-refractivity contribution in [2.75, 3.05) is 11.5 Å². The molecule has 0 radical (unpaired) electrons. The van der Waals surface area contributed by atoms with Gasteiger partial charge in [-0.25, -0.2) is 0 Å². The predicted octanol–water partition coefficient (Wildman–Crippen LogP) is 6.84. The lowest BCUT2D eigenvalue weighted by atomic mass is 10.0. The summed E-state index contributed by atoms with van der Waals surface area (Å²) in [6.07, 6.45) is -1.52. The molecule has 0 N–H and O–H groups in total. The van der Waals surface area contributed by atoms with Crippen molar-refractivity contribution in [3.63, 3.8) is 0 Å². The second kappa shape index (κ2) is 8.34. The average Bonchev–Trinajstić information content (AvgIpc) is 2.53. The lowest BCUT2D eigenvalue weighted by Gasteiger charge is -2.21. The van der Waals surface area contributed by atoms with Crippen molar-refractivity contribution in [1.29, 1.82) is 0 Å². The first-order valence-electron chi connectivity index (χ1n) is 7.69. The standard InChI is InChI=1S/C16H18S2.C2H3F3/c1-2-12-4-5-14-11-15(7-6-13(14)10-12)16-17-8-3-9-18-16;1-2(3,4)5/h4-7,10-11,16H,2-3,8-9H2,1H3;1H3. The van der Waals surface area contributed by atoms with Gasteiger partial charge in [0.05, 0.1) is 4.58 Å². The van der Waals surface area contributed by atoms with Crippen molar-refractivity contribution in [2.24, 2.45) is 0 Å². The highest BCUT2D eigenvalue weighted by Gasteiger charge is 2.16. The zero-order valence-electron chi connectivity index (χ0n) is 13.3. The summed E-state index contributed by atoms with van der Waals surface area (Å²) in [6, 6.07) is 13.8. The summed E-state index contributed by atoms with van der Waals surface area (Å²) in [5, 5.41) is 2.76. The first kappa shape index (κ1) is 18.5. The van der Waals surface area contributed by atoms with E-state index in [1.54, 1.807) is 0 Å². The molecule has 1 aliphatic heterocycles. The van der Waals surface area contributed by atoms with E-state index >= 15 is 0 Å². The van der Waals surface area contributed by atoms with Crippen molar-refractivity contribution in [2.45, 2.75) is 37.4 Å². The number of hydrogen-bond donors (Lipinski definition) is 0. The van der Waals surface area contributed by atoms with Crippen molar-refractivity contribution >= 4 is 34.3 Å². The molecule has 0 saturated carbocycles. The third-order valence-corrected chi connectivity index (χ3v) is 6.45. The van der Waals surface area contributed by atoms with Crippen molar-refractivity contribution < 1.29 is 13.2 Å². The Hall–Kier alpha value is -0.810. The molecule has 2 aromatic rings.